The Morgan fingerprint density at radius 2 is 1.90 bits per heavy atom. The predicted molar refractivity (Wildman–Crippen MR) is 121 cm³/mol. The van der Waals surface area contributed by atoms with E-state index in [0.717, 1.165) is 37.4 Å². The molecule has 4 rings (SSSR count). The van der Waals surface area contributed by atoms with E-state index in [4.69, 9.17) is 4.74 Å². The van der Waals surface area contributed by atoms with Crippen molar-refractivity contribution in [3.8, 4) is 5.75 Å². The van der Waals surface area contributed by atoms with Crippen LogP contribution in [-0.4, -0.2) is 50.6 Å². The fourth-order valence-electron chi connectivity index (χ4n) is 4.60. The first-order valence-corrected chi connectivity index (χ1v) is 11.1. The van der Waals surface area contributed by atoms with Crippen LogP contribution in [0, 0.1) is 6.92 Å². The maximum atomic E-state index is 12.5. The van der Waals surface area contributed by atoms with Gasteiger partial charge in [-0.3, -0.25) is 9.69 Å². The number of likely N-dealkylation sites (tertiary alicyclic amines) is 1. The van der Waals surface area contributed by atoms with Crippen LogP contribution < -0.4 is 15.0 Å². The van der Waals surface area contributed by atoms with Gasteiger partial charge in [-0.1, -0.05) is 36.8 Å². The molecular weight excluding hydrogens is 374 g/mol. The lowest BCUT2D eigenvalue weighted by atomic mass is 9.98. The summed E-state index contributed by atoms with van der Waals surface area (Å²) in [6.45, 7) is 5.93. The van der Waals surface area contributed by atoms with Gasteiger partial charge in [-0.25, -0.2) is 0 Å². The van der Waals surface area contributed by atoms with Crippen LogP contribution in [0.15, 0.2) is 42.5 Å². The quantitative estimate of drug-likeness (QED) is 0.760. The van der Waals surface area contributed by atoms with E-state index in [0.29, 0.717) is 6.54 Å². The Kier molecular flexibility index (Phi) is 6.58. The Labute approximate surface area is 180 Å². The number of aryl methyl sites for hydroxylation is 1. The molecule has 160 valence electrons. The van der Waals surface area contributed by atoms with E-state index in [9.17, 15) is 4.79 Å². The van der Waals surface area contributed by atoms with Gasteiger partial charge in [-0.15, -0.1) is 0 Å². The number of amides is 1. The number of carbonyl (C=O) groups excluding carboxylic acids is 1. The smallest absolute Gasteiger partial charge is 0.258 e. The van der Waals surface area contributed by atoms with Crippen molar-refractivity contribution in [3.05, 3.63) is 59.2 Å². The summed E-state index contributed by atoms with van der Waals surface area (Å²) in [5.41, 5.74) is 5.11. The Balaban J connectivity index is 1.41. The number of carbonyl (C=O) groups is 1. The molecule has 0 spiro atoms. The van der Waals surface area contributed by atoms with Gasteiger partial charge >= 0.3 is 0 Å². The highest BCUT2D eigenvalue weighted by Gasteiger charge is 2.25. The zero-order valence-electron chi connectivity index (χ0n) is 18.2. The number of nitrogens with zero attached hydrogens (tertiary/aromatic N) is 2. The number of likely N-dealkylation sites (N-methyl/N-ethyl adjacent to an activating group) is 1. The van der Waals surface area contributed by atoms with Gasteiger partial charge in [0.2, 0.25) is 0 Å². The molecule has 2 aromatic carbocycles. The summed E-state index contributed by atoms with van der Waals surface area (Å²) in [5, 5.41) is 3.13. The van der Waals surface area contributed by atoms with Crippen LogP contribution in [0.1, 0.15) is 42.0 Å². The molecule has 0 bridgehead atoms. The van der Waals surface area contributed by atoms with Crippen LogP contribution >= 0.6 is 0 Å². The van der Waals surface area contributed by atoms with E-state index >= 15 is 0 Å². The maximum absolute atomic E-state index is 12.5. The van der Waals surface area contributed by atoms with E-state index in [1.807, 2.05) is 31.2 Å². The first-order valence-electron chi connectivity index (χ1n) is 11.1. The number of hydrogen-bond acceptors (Lipinski definition) is 4. The summed E-state index contributed by atoms with van der Waals surface area (Å²) >= 11 is 0. The van der Waals surface area contributed by atoms with Crippen molar-refractivity contribution in [1.29, 1.82) is 0 Å². The number of anilines is 1. The molecular formula is C25H33N3O2. The topological polar surface area (TPSA) is 44.8 Å². The summed E-state index contributed by atoms with van der Waals surface area (Å²) < 4.78 is 5.72. The zero-order valence-corrected chi connectivity index (χ0v) is 18.2. The SMILES string of the molecule is Cc1ccccc1OCC(=O)NCC(c1ccc2c(c1)CCN2C)N1CCCCC1. The van der Waals surface area contributed by atoms with Crippen LogP contribution in [0.25, 0.3) is 0 Å². The van der Waals surface area contributed by atoms with Crippen molar-refractivity contribution in [2.75, 3.05) is 44.7 Å². The van der Waals surface area contributed by atoms with E-state index in [-0.39, 0.29) is 18.6 Å². The van der Waals surface area contributed by atoms with E-state index in [1.165, 1.54) is 36.1 Å². The average Bonchev–Trinajstić information content (AvgIpc) is 3.14. The molecule has 1 fully saturated rings. The number of rotatable bonds is 7. The zero-order chi connectivity index (χ0) is 20.9. The summed E-state index contributed by atoms with van der Waals surface area (Å²) in [5.74, 6) is 0.698. The number of ether oxygens (including phenoxy) is 1. The molecule has 5 nitrogen and oxygen atoms in total. The third-order valence-electron chi connectivity index (χ3n) is 6.39. The van der Waals surface area contributed by atoms with Gasteiger partial charge in [0.05, 0.1) is 6.04 Å². The molecule has 2 heterocycles. The van der Waals surface area contributed by atoms with Crippen molar-refractivity contribution in [2.45, 2.75) is 38.6 Å². The second-order valence-corrected chi connectivity index (χ2v) is 8.53. The monoisotopic (exact) mass is 407 g/mol. The fourth-order valence-corrected chi connectivity index (χ4v) is 4.60. The molecule has 2 aliphatic rings. The molecule has 1 amide bonds. The molecule has 5 heteroatoms. The lowest BCUT2D eigenvalue weighted by Gasteiger charge is -2.35. The number of fused-ring (bicyclic) bond motifs is 1. The van der Waals surface area contributed by atoms with Crippen molar-refractivity contribution >= 4 is 11.6 Å². The second kappa shape index (κ2) is 9.52. The van der Waals surface area contributed by atoms with Gasteiger partial charge in [0.15, 0.2) is 6.61 Å². The first kappa shape index (κ1) is 20.7. The average molecular weight is 408 g/mol. The number of hydrogen-bond donors (Lipinski definition) is 1. The lowest BCUT2D eigenvalue weighted by Crippen LogP contribution is -2.41. The third-order valence-corrected chi connectivity index (χ3v) is 6.39. The molecule has 1 N–H and O–H groups in total. The number of benzene rings is 2. The fraction of sp³-hybridized carbons (Fsp3) is 0.480. The number of piperidine rings is 1. The van der Waals surface area contributed by atoms with Crippen LogP contribution in [0.5, 0.6) is 5.75 Å². The van der Waals surface area contributed by atoms with E-state index < -0.39 is 0 Å². The number of para-hydroxylation sites is 1. The number of nitrogens with one attached hydrogen (secondary N) is 1. The minimum atomic E-state index is -0.0684. The maximum Gasteiger partial charge on any atom is 0.258 e. The van der Waals surface area contributed by atoms with Gasteiger partial charge in [0, 0.05) is 25.8 Å². The van der Waals surface area contributed by atoms with Crippen molar-refractivity contribution in [2.24, 2.45) is 0 Å². The molecule has 1 unspecified atom stereocenters. The molecule has 1 saturated heterocycles. The summed E-state index contributed by atoms with van der Waals surface area (Å²) in [4.78, 5) is 17.4. The standard InChI is InChI=1S/C25H33N3O2/c1-19-8-4-5-9-24(19)30-18-25(29)26-17-23(28-13-6-3-7-14-28)20-10-11-22-21(16-20)12-15-27(22)2/h4-5,8-11,16,23H,3,6-7,12-15,17-18H2,1-2H3,(H,26,29). The Morgan fingerprint density at radius 3 is 2.70 bits per heavy atom. The van der Waals surface area contributed by atoms with Gasteiger partial charge in [-0.05, 0) is 68.1 Å². The first-order chi connectivity index (χ1) is 14.6. The molecule has 2 aromatic rings. The summed E-state index contributed by atoms with van der Waals surface area (Å²) in [6, 6.07) is 14.9. The summed E-state index contributed by atoms with van der Waals surface area (Å²) in [6.07, 6.45) is 4.86. The van der Waals surface area contributed by atoms with Crippen LogP contribution in [0.3, 0.4) is 0 Å². The highest BCUT2D eigenvalue weighted by Crippen LogP contribution is 2.32. The third kappa shape index (κ3) is 4.78. The highest BCUT2D eigenvalue weighted by molar-refractivity contribution is 5.77. The predicted octanol–water partition coefficient (Wildman–Crippen LogP) is 3.71. The van der Waals surface area contributed by atoms with Gasteiger partial charge < -0.3 is 15.0 Å². The second-order valence-electron chi connectivity index (χ2n) is 8.53. The minimum Gasteiger partial charge on any atom is -0.484 e. The van der Waals surface area contributed by atoms with Crippen LogP contribution in [-0.2, 0) is 11.2 Å². The van der Waals surface area contributed by atoms with Gasteiger partial charge in [0.25, 0.3) is 5.91 Å². The largest absolute Gasteiger partial charge is 0.484 e. The molecule has 0 aromatic heterocycles. The molecule has 0 aliphatic carbocycles. The molecule has 30 heavy (non-hydrogen) atoms. The van der Waals surface area contributed by atoms with Crippen LogP contribution in [0.4, 0.5) is 5.69 Å². The summed E-state index contributed by atoms with van der Waals surface area (Å²) in [7, 11) is 2.16. The van der Waals surface area contributed by atoms with Gasteiger partial charge in [-0.2, -0.15) is 0 Å². The van der Waals surface area contributed by atoms with E-state index in [1.54, 1.807) is 0 Å². The Bertz CT molecular complexity index is 876. The van der Waals surface area contributed by atoms with E-state index in [2.05, 4.69) is 40.4 Å². The van der Waals surface area contributed by atoms with Crippen molar-refractivity contribution in [1.82, 2.24) is 10.2 Å². The Morgan fingerprint density at radius 1 is 1.10 bits per heavy atom. The van der Waals surface area contributed by atoms with Crippen molar-refractivity contribution < 1.29 is 9.53 Å². The molecule has 0 radical (unpaired) electrons. The normalized spacial score (nSPS) is 17.5. The lowest BCUT2D eigenvalue weighted by molar-refractivity contribution is -0.123. The molecule has 0 saturated carbocycles. The molecule has 1 atom stereocenters. The highest BCUT2D eigenvalue weighted by atomic mass is 16.5. The van der Waals surface area contributed by atoms with Crippen LogP contribution in [0.2, 0.25) is 0 Å². The molecule has 2 aliphatic heterocycles. The van der Waals surface area contributed by atoms with Crippen molar-refractivity contribution in [3.63, 3.8) is 0 Å². The minimum absolute atomic E-state index is 0.0482. The Hall–Kier alpha value is -2.53. The van der Waals surface area contributed by atoms with Gasteiger partial charge in [0.1, 0.15) is 5.75 Å².